The summed E-state index contributed by atoms with van der Waals surface area (Å²) >= 11 is 0. The Labute approximate surface area is 112 Å². The van der Waals surface area contributed by atoms with Gasteiger partial charge in [-0.05, 0) is 31.8 Å². The molecule has 1 spiro atoms. The van der Waals surface area contributed by atoms with Gasteiger partial charge in [0.15, 0.2) is 0 Å². The second kappa shape index (κ2) is 3.71. The molecule has 2 aliphatic heterocycles. The van der Waals surface area contributed by atoms with Crippen LogP contribution in [-0.4, -0.2) is 34.8 Å². The number of rotatable bonds is 1. The van der Waals surface area contributed by atoms with Crippen molar-refractivity contribution in [2.24, 2.45) is 0 Å². The average Bonchev–Trinajstić information content (AvgIpc) is 3.22. The molecule has 2 aliphatic carbocycles. The summed E-state index contributed by atoms with van der Waals surface area (Å²) in [7, 11) is 0. The highest BCUT2D eigenvalue weighted by Gasteiger charge is 2.49. The van der Waals surface area contributed by atoms with Gasteiger partial charge in [0.1, 0.15) is 11.4 Å². The van der Waals surface area contributed by atoms with Crippen LogP contribution in [0.5, 0.6) is 0 Å². The Kier molecular flexibility index (Phi) is 2.20. The van der Waals surface area contributed by atoms with Crippen LogP contribution in [0.15, 0.2) is 23.4 Å². The van der Waals surface area contributed by atoms with Crippen molar-refractivity contribution in [3.63, 3.8) is 0 Å². The lowest BCUT2D eigenvalue weighted by atomic mass is 9.77. The minimum absolute atomic E-state index is 0.167. The molecule has 4 aliphatic rings. The van der Waals surface area contributed by atoms with E-state index < -0.39 is 5.60 Å². The van der Waals surface area contributed by atoms with E-state index in [-0.39, 0.29) is 11.8 Å². The van der Waals surface area contributed by atoms with Crippen molar-refractivity contribution in [3.8, 4) is 0 Å². The minimum atomic E-state index is -0.494. The second-order valence-electron chi connectivity index (χ2n) is 6.03. The molecule has 19 heavy (non-hydrogen) atoms. The van der Waals surface area contributed by atoms with Gasteiger partial charge in [-0.2, -0.15) is 0 Å². The van der Waals surface area contributed by atoms with Crippen LogP contribution in [0.1, 0.15) is 38.5 Å². The maximum atomic E-state index is 12.1. The fourth-order valence-corrected chi connectivity index (χ4v) is 3.45. The van der Waals surface area contributed by atoms with Gasteiger partial charge in [-0.3, -0.25) is 4.79 Å². The van der Waals surface area contributed by atoms with Crippen molar-refractivity contribution in [2.45, 2.75) is 50.2 Å². The van der Waals surface area contributed by atoms with E-state index in [4.69, 9.17) is 4.74 Å². The highest BCUT2D eigenvalue weighted by molar-refractivity contribution is 5.95. The van der Waals surface area contributed by atoms with E-state index in [2.05, 4.69) is 17.2 Å². The summed E-state index contributed by atoms with van der Waals surface area (Å²) in [6, 6.07) is 0.614. The summed E-state index contributed by atoms with van der Waals surface area (Å²) in [5.41, 5.74) is 1.37. The van der Waals surface area contributed by atoms with Crippen LogP contribution < -0.4 is 0 Å². The fraction of sp³-hybridized carbons (Fsp3) is 0.600. The molecule has 2 fully saturated rings. The Bertz CT molecular complexity index is 518. The Morgan fingerprint density at radius 1 is 1.21 bits per heavy atom. The molecule has 2 saturated carbocycles. The van der Waals surface area contributed by atoms with Crippen molar-refractivity contribution >= 4 is 11.8 Å². The van der Waals surface area contributed by atoms with E-state index in [0.29, 0.717) is 38.3 Å². The van der Waals surface area contributed by atoms with Crippen LogP contribution in [-0.2, 0) is 14.3 Å². The molecule has 100 valence electrons. The van der Waals surface area contributed by atoms with Crippen molar-refractivity contribution in [1.29, 1.82) is 0 Å². The molecule has 2 heterocycles. The molecular formula is C15H17NO3. The van der Waals surface area contributed by atoms with Gasteiger partial charge in [0.05, 0.1) is 12.1 Å². The van der Waals surface area contributed by atoms with Crippen molar-refractivity contribution in [2.75, 3.05) is 6.54 Å². The topological polar surface area (TPSA) is 46.6 Å². The summed E-state index contributed by atoms with van der Waals surface area (Å²) in [4.78, 5) is 25.8. The molecule has 0 unspecified atom stereocenters. The molecule has 4 rings (SSSR count). The van der Waals surface area contributed by atoms with Gasteiger partial charge in [0.25, 0.3) is 0 Å². The molecule has 0 saturated heterocycles. The highest BCUT2D eigenvalue weighted by atomic mass is 16.6. The van der Waals surface area contributed by atoms with Crippen LogP contribution in [0.3, 0.4) is 0 Å². The first-order valence-electron chi connectivity index (χ1n) is 7.11. The maximum absolute atomic E-state index is 12.1. The molecule has 0 N–H and O–H groups in total. The molecular weight excluding hydrogens is 242 g/mol. The van der Waals surface area contributed by atoms with Gasteiger partial charge in [0.2, 0.25) is 0 Å². The SMILES string of the molecule is O=C1CCC2(CC1)OC(=O)C1=C2C=CN(C2CC2)C1. The van der Waals surface area contributed by atoms with E-state index in [1.165, 1.54) is 12.8 Å². The Morgan fingerprint density at radius 2 is 1.95 bits per heavy atom. The highest BCUT2D eigenvalue weighted by Crippen LogP contribution is 2.45. The summed E-state index contributed by atoms with van der Waals surface area (Å²) in [5.74, 6) is 0.120. The fourth-order valence-electron chi connectivity index (χ4n) is 3.45. The predicted octanol–water partition coefficient (Wildman–Crippen LogP) is 1.71. The summed E-state index contributed by atoms with van der Waals surface area (Å²) in [6.07, 6.45) is 8.99. The van der Waals surface area contributed by atoms with Gasteiger partial charge >= 0.3 is 5.97 Å². The van der Waals surface area contributed by atoms with E-state index >= 15 is 0 Å². The largest absolute Gasteiger partial charge is 0.451 e. The van der Waals surface area contributed by atoms with Crippen LogP contribution in [0, 0.1) is 0 Å². The number of ether oxygens (including phenoxy) is 1. The monoisotopic (exact) mass is 259 g/mol. The zero-order chi connectivity index (χ0) is 13.0. The van der Waals surface area contributed by atoms with Crippen LogP contribution >= 0.6 is 0 Å². The second-order valence-corrected chi connectivity index (χ2v) is 6.03. The number of Topliss-reactive ketones (excluding diaryl/α,β-unsaturated/α-hetero) is 1. The van der Waals surface area contributed by atoms with Gasteiger partial charge in [-0.25, -0.2) is 4.79 Å². The molecule has 0 atom stereocenters. The molecule has 0 aromatic carbocycles. The zero-order valence-corrected chi connectivity index (χ0v) is 10.9. The quantitative estimate of drug-likeness (QED) is 0.673. The van der Waals surface area contributed by atoms with E-state index in [0.717, 1.165) is 11.1 Å². The van der Waals surface area contributed by atoms with Gasteiger partial charge in [0, 0.05) is 30.7 Å². The number of hydrogen-bond acceptors (Lipinski definition) is 4. The predicted molar refractivity (Wildman–Crippen MR) is 68.2 cm³/mol. The number of fused-ring (bicyclic) bond motifs is 1. The Hall–Kier alpha value is -1.58. The average molecular weight is 259 g/mol. The molecule has 0 aromatic rings. The van der Waals surface area contributed by atoms with E-state index in [1.807, 2.05) is 0 Å². The first-order valence-corrected chi connectivity index (χ1v) is 7.11. The smallest absolute Gasteiger partial charge is 0.337 e. The van der Waals surface area contributed by atoms with Crippen LogP contribution in [0.2, 0.25) is 0 Å². The number of esters is 1. The third kappa shape index (κ3) is 1.66. The normalized spacial score (nSPS) is 28.9. The Balaban J connectivity index is 1.64. The maximum Gasteiger partial charge on any atom is 0.337 e. The molecule has 0 aromatic heterocycles. The minimum Gasteiger partial charge on any atom is -0.451 e. The lowest BCUT2D eigenvalue weighted by Gasteiger charge is -2.34. The van der Waals surface area contributed by atoms with Crippen LogP contribution in [0.25, 0.3) is 0 Å². The lowest BCUT2D eigenvalue weighted by Crippen LogP contribution is -2.37. The molecule has 4 heteroatoms. The molecule has 0 amide bonds. The van der Waals surface area contributed by atoms with Crippen molar-refractivity contribution in [1.82, 2.24) is 4.90 Å². The summed E-state index contributed by atoms with van der Waals surface area (Å²) in [6.45, 7) is 0.686. The third-order valence-corrected chi connectivity index (χ3v) is 4.76. The van der Waals surface area contributed by atoms with Crippen LogP contribution in [0.4, 0.5) is 0 Å². The third-order valence-electron chi connectivity index (χ3n) is 4.76. The van der Waals surface area contributed by atoms with E-state index in [9.17, 15) is 9.59 Å². The van der Waals surface area contributed by atoms with E-state index in [1.54, 1.807) is 0 Å². The molecule has 4 nitrogen and oxygen atoms in total. The van der Waals surface area contributed by atoms with Crippen molar-refractivity contribution < 1.29 is 14.3 Å². The number of carbonyl (C=O) groups is 2. The first kappa shape index (κ1) is 11.3. The summed E-state index contributed by atoms with van der Waals surface area (Å²) < 4.78 is 5.69. The van der Waals surface area contributed by atoms with Gasteiger partial charge < -0.3 is 9.64 Å². The first-order chi connectivity index (χ1) is 9.18. The summed E-state index contributed by atoms with van der Waals surface area (Å²) in [5, 5.41) is 0. The molecule has 0 radical (unpaired) electrons. The zero-order valence-electron chi connectivity index (χ0n) is 10.9. The standard InChI is InChI=1S/C15H17NO3/c17-11-3-6-15(7-4-11)13-5-8-16(10-1-2-10)9-12(13)14(18)19-15/h5,8,10H,1-4,6-7,9H2. The number of ketones is 1. The number of carbonyl (C=O) groups excluding carboxylic acids is 2. The molecule has 0 bridgehead atoms. The number of hydrogen-bond donors (Lipinski definition) is 0. The number of nitrogens with zero attached hydrogens (tertiary/aromatic N) is 1. The Morgan fingerprint density at radius 3 is 2.63 bits per heavy atom. The van der Waals surface area contributed by atoms with Gasteiger partial charge in [-0.15, -0.1) is 0 Å². The van der Waals surface area contributed by atoms with Crippen molar-refractivity contribution in [3.05, 3.63) is 23.4 Å². The van der Waals surface area contributed by atoms with Gasteiger partial charge in [-0.1, -0.05) is 0 Å². The lowest BCUT2D eigenvalue weighted by molar-refractivity contribution is -0.151.